The fraction of sp³-hybridized carbons (Fsp3) is 0.238. The number of anilines is 3. The first-order chi connectivity index (χ1) is 15.1. The second kappa shape index (κ2) is 9.54. The molecule has 0 saturated carbocycles. The number of hydrogen-bond donors (Lipinski definition) is 3. The normalized spacial score (nSPS) is 13.5. The zero-order valence-corrected chi connectivity index (χ0v) is 17.7. The van der Waals surface area contributed by atoms with Crippen LogP contribution in [-0.4, -0.2) is 55.1 Å². The van der Waals surface area contributed by atoms with Crippen LogP contribution in [-0.2, 0) is 0 Å². The summed E-state index contributed by atoms with van der Waals surface area (Å²) in [7, 11) is 1.56. The Morgan fingerprint density at radius 3 is 2.81 bits per heavy atom. The van der Waals surface area contributed by atoms with Crippen LogP contribution in [0.25, 0.3) is 0 Å². The van der Waals surface area contributed by atoms with Crippen molar-refractivity contribution < 1.29 is 14.3 Å². The Morgan fingerprint density at radius 2 is 2.00 bits per heavy atom. The standard InChI is InChI=1S/C21H22N6O3S/c1-30-15-4-2-3-14(11-15)24-19(28)17-13-31-21(26-17)20(29)25-16-12-23-6-5-18(16)27-9-7-22-8-10-27/h2-6,11-13,22H,7-10H2,1H3,(H,24,28)(H,25,29). The van der Waals surface area contributed by atoms with Gasteiger partial charge in [-0.05, 0) is 18.2 Å². The molecule has 160 valence electrons. The van der Waals surface area contributed by atoms with E-state index in [-0.39, 0.29) is 16.6 Å². The van der Waals surface area contributed by atoms with Crippen LogP contribution in [0.1, 0.15) is 20.3 Å². The van der Waals surface area contributed by atoms with Gasteiger partial charge in [-0.1, -0.05) is 6.07 Å². The summed E-state index contributed by atoms with van der Waals surface area (Å²) in [5, 5.41) is 10.7. The molecule has 1 aliphatic heterocycles. The van der Waals surface area contributed by atoms with Gasteiger partial charge in [0.2, 0.25) is 0 Å². The Balaban J connectivity index is 1.44. The van der Waals surface area contributed by atoms with E-state index >= 15 is 0 Å². The van der Waals surface area contributed by atoms with E-state index < -0.39 is 5.91 Å². The molecule has 3 aromatic rings. The first-order valence-electron chi connectivity index (χ1n) is 9.76. The summed E-state index contributed by atoms with van der Waals surface area (Å²) >= 11 is 1.11. The number of aromatic nitrogens is 2. The van der Waals surface area contributed by atoms with Crippen molar-refractivity contribution in [1.29, 1.82) is 0 Å². The molecule has 0 spiro atoms. The fourth-order valence-corrected chi connectivity index (χ4v) is 3.91. The summed E-state index contributed by atoms with van der Waals surface area (Å²) in [5.41, 5.74) is 2.29. The van der Waals surface area contributed by atoms with Crippen molar-refractivity contribution in [2.24, 2.45) is 0 Å². The summed E-state index contributed by atoms with van der Waals surface area (Å²) in [5.74, 6) is -0.144. The molecule has 0 radical (unpaired) electrons. The van der Waals surface area contributed by atoms with Crippen molar-refractivity contribution in [2.45, 2.75) is 0 Å². The Bertz CT molecular complexity index is 1080. The Hall–Kier alpha value is -3.50. The molecule has 0 atom stereocenters. The molecule has 9 nitrogen and oxygen atoms in total. The van der Waals surface area contributed by atoms with E-state index in [2.05, 4.69) is 30.8 Å². The Morgan fingerprint density at radius 1 is 1.16 bits per heavy atom. The third kappa shape index (κ3) is 4.98. The van der Waals surface area contributed by atoms with E-state index in [4.69, 9.17) is 4.74 Å². The number of carbonyl (C=O) groups is 2. The number of hydrogen-bond acceptors (Lipinski definition) is 8. The average molecular weight is 439 g/mol. The number of ether oxygens (including phenoxy) is 1. The number of piperazine rings is 1. The molecule has 0 aliphatic carbocycles. The van der Waals surface area contributed by atoms with Gasteiger partial charge >= 0.3 is 0 Å². The number of benzene rings is 1. The van der Waals surface area contributed by atoms with Gasteiger partial charge in [-0.25, -0.2) is 4.98 Å². The highest BCUT2D eigenvalue weighted by Gasteiger charge is 2.19. The van der Waals surface area contributed by atoms with E-state index in [9.17, 15) is 9.59 Å². The zero-order chi connectivity index (χ0) is 21.6. The van der Waals surface area contributed by atoms with Crippen LogP contribution in [0.5, 0.6) is 5.75 Å². The highest BCUT2D eigenvalue weighted by molar-refractivity contribution is 7.12. The summed E-state index contributed by atoms with van der Waals surface area (Å²) in [6.45, 7) is 3.46. The number of amides is 2. The molecule has 10 heteroatoms. The summed E-state index contributed by atoms with van der Waals surface area (Å²) < 4.78 is 5.16. The summed E-state index contributed by atoms with van der Waals surface area (Å²) in [6.07, 6.45) is 3.33. The van der Waals surface area contributed by atoms with Gasteiger partial charge in [0, 0.05) is 49.5 Å². The monoisotopic (exact) mass is 438 g/mol. The lowest BCUT2D eigenvalue weighted by atomic mass is 10.2. The highest BCUT2D eigenvalue weighted by Crippen LogP contribution is 2.26. The molecule has 0 bridgehead atoms. The number of carbonyl (C=O) groups excluding carboxylic acids is 2. The van der Waals surface area contributed by atoms with Crippen LogP contribution in [0.2, 0.25) is 0 Å². The van der Waals surface area contributed by atoms with Crippen molar-refractivity contribution >= 4 is 40.2 Å². The van der Waals surface area contributed by atoms with Crippen LogP contribution in [0.4, 0.5) is 17.1 Å². The van der Waals surface area contributed by atoms with Crippen LogP contribution in [0, 0.1) is 0 Å². The molecule has 4 rings (SSSR count). The second-order valence-electron chi connectivity index (χ2n) is 6.81. The minimum Gasteiger partial charge on any atom is -0.497 e. The van der Waals surface area contributed by atoms with Crippen LogP contribution < -0.4 is 25.6 Å². The number of thiazole rings is 1. The molecular formula is C21H22N6O3S. The number of rotatable bonds is 6. The summed E-state index contributed by atoms with van der Waals surface area (Å²) in [4.78, 5) is 35.8. The lowest BCUT2D eigenvalue weighted by Gasteiger charge is -2.30. The van der Waals surface area contributed by atoms with Gasteiger partial charge in [-0.3, -0.25) is 14.6 Å². The van der Waals surface area contributed by atoms with Crippen molar-refractivity contribution in [3.63, 3.8) is 0 Å². The van der Waals surface area contributed by atoms with Gasteiger partial charge in [0.25, 0.3) is 11.8 Å². The van der Waals surface area contributed by atoms with Crippen molar-refractivity contribution in [1.82, 2.24) is 15.3 Å². The van der Waals surface area contributed by atoms with Crippen molar-refractivity contribution in [2.75, 3.05) is 48.8 Å². The Labute approximate surface area is 183 Å². The minimum absolute atomic E-state index is 0.173. The van der Waals surface area contributed by atoms with Gasteiger partial charge < -0.3 is 25.6 Å². The molecule has 3 N–H and O–H groups in total. The minimum atomic E-state index is -0.397. The maximum absolute atomic E-state index is 12.8. The molecule has 1 fully saturated rings. The quantitative estimate of drug-likeness (QED) is 0.542. The molecule has 1 aliphatic rings. The van der Waals surface area contributed by atoms with Gasteiger partial charge in [0.05, 0.1) is 24.7 Å². The van der Waals surface area contributed by atoms with E-state index in [1.807, 2.05) is 6.07 Å². The third-order valence-electron chi connectivity index (χ3n) is 4.76. The second-order valence-corrected chi connectivity index (χ2v) is 7.67. The SMILES string of the molecule is COc1cccc(NC(=O)c2csc(C(=O)Nc3cnccc3N3CCNCC3)n2)c1. The maximum Gasteiger partial charge on any atom is 0.284 e. The van der Waals surface area contributed by atoms with E-state index in [0.717, 1.165) is 43.2 Å². The molecule has 0 unspecified atom stereocenters. The lowest BCUT2D eigenvalue weighted by Crippen LogP contribution is -2.43. The predicted molar refractivity (Wildman–Crippen MR) is 120 cm³/mol. The lowest BCUT2D eigenvalue weighted by molar-refractivity contribution is 0.102. The first-order valence-corrected chi connectivity index (χ1v) is 10.6. The van der Waals surface area contributed by atoms with Gasteiger partial charge in [-0.2, -0.15) is 0 Å². The van der Waals surface area contributed by atoms with Crippen LogP contribution in [0.15, 0.2) is 48.1 Å². The van der Waals surface area contributed by atoms with Gasteiger partial charge in [-0.15, -0.1) is 11.3 Å². The van der Waals surface area contributed by atoms with Gasteiger partial charge in [0.1, 0.15) is 11.4 Å². The van der Waals surface area contributed by atoms with Gasteiger partial charge in [0.15, 0.2) is 5.01 Å². The average Bonchev–Trinajstić information content (AvgIpc) is 3.31. The fourth-order valence-electron chi connectivity index (χ4n) is 3.22. The molecule has 2 aromatic heterocycles. The van der Waals surface area contributed by atoms with Crippen molar-refractivity contribution in [3.05, 3.63) is 58.8 Å². The number of methoxy groups -OCH3 is 1. The largest absolute Gasteiger partial charge is 0.497 e. The molecule has 3 heterocycles. The molecule has 1 saturated heterocycles. The van der Waals surface area contributed by atoms with Crippen LogP contribution >= 0.6 is 11.3 Å². The molecular weight excluding hydrogens is 416 g/mol. The molecule has 2 amide bonds. The zero-order valence-electron chi connectivity index (χ0n) is 16.9. The molecule has 31 heavy (non-hydrogen) atoms. The topological polar surface area (TPSA) is 108 Å². The van der Waals surface area contributed by atoms with E-state index in [1.165, 1.54) is 0 Å². The highest BCUT2D eigenvalue weighted by atomic mass is 32.1. The third-order valence-corrected chi connectivity index (χ3v) is 5.60. The van der Waals surface area contributed by atoms with E-state index in [1.54, 1.807) is 49.1 Å². The number of nitrogens with one attached hydrogen (secondary N) is 3. The Kier molecular flexibility index (Phi) is 6.39. The van der Waals surface area contributed by atoms with Crippen molar-refractivity contribution in [3.8, 4) is 5.75 Å². The maximum atomic E-state index is 12.8. The summed E-state index contributed by atoms with van der Waals surface area (Å²) in [6, 6.07) is 8.90. The van der Waals surface area contributed by atoms with E-state index in [0.29, 0.717) is 17.1 Å². The first kappa shape index (κ1) is 20.8. The predicted octanol–water partition coefficient (Wildman–Crippen LogP) is 2.46. The number of pyridine rings is 1. The number of nitrogens with zero attached hydrogens (tertiary/aromatic N) is 3. The molecule has 1 aromatic carbocycles. The smallest absolute Gasteiger partial charge is 0.284 e. The van der Waals surface area contributed by atoms with Crippen LogP contribution in [0.3, 0.4) is 0 Å².